The van der Waals surface area contributed by atoms with Crippen molar-refractivity contribution in [3.8, 4) is 5.75 Å². The van der Waals surface area contributed by atoms with Gasteiger partial charge in [0.1, 0.15) is 5.75 Å². The fourth-order valence-electron chi connectivity index (χ4n) is 1.46. The second-order valence-electron chi connectivity index (χ2n) is 3.08. The molecule has 1 aliphatic heterocycles. The summed E-state index contributed by atoms with van der Waals surface area (Å²) in [6.45, 7) is 0.503. The van der Waals surface area contributed by atoms with Gasteiger partial charge in [-0.05, 0) is 22.0 Å². The fourth-order valence-corrected chi connectivity index (χ4v) is 1.84. The average Bonchev–Trinajstić information content (AvgIpc) is 2.57. The van der Waals surface area contributed by atoms with Crippen LogP contribution >= 0.6 is 15.9 Å². The molecule has 1 aliphatic rings. The SMILES string of the molecule is O=C1NCC(c2cccc(Br)c2O)N1. The largest absolute Gasteiger partial charge is 0.506 e. The number of rotatable bonds is 1. The zero-order valence-electron chi connectivity index (χ0n) is 7.25. The molecule has 1 saturated heterocycles. The number of benzene rings is 1. The summed E-state index contributed by atoms with van der Waals surface area (Å²) in [4.78, 5) is 10.9. The maximum atomic E-state index is 10.9. The summed E-state index contributed by atoms with van der Waals surface area (Å²) in [6.07, 6.45) is 0. The molecule has 5 heteroatoms. The lowest BCUT2D eigenvalue weighted by atomic mass is 10.1. The lowest BCUT2D eigenvalue weighted by molar-refractivity contribution is 0.247. The first-order chi connectivity index (χ1) is 6.68. The number of hydrogen-bond donors (Lipinski definition) is 3. The van der Waals surface area contributed by atoms with Gasteiger partial charge in [0.2, 0.25) is 0 Å². The molecule has 1 atom stereocenters. The highest BCUT2D eigenvalue weighted by atomic mass is 79.9. The first-order valence-electron chi connectivity index (χ1n) is 4.20. The Kier molecular flexibility index (Phi) is 2.33. The first kappa shape index (κ1) is 9.33. The number of aromatic hydroxyl groups is 1. The maximum Gasteiger partial charge on any atom is 0.315 e. The number of phenolic OH excluding ortho intramolecular Hbond substituents is 1. The molecule has 0 radical (unpaired) electrons. The van der Waals surface area contributed by atoms with Crippen molar-refractivity contribution in [2.24, 2.45) is 0 Å². The summed E-state index contributed by atoms with van der Waals surface area (Å²) in [6, 6.07) is 5.01. The number of carbonyl (C=O) groups is 1. The predicted molar refractivity (Wildman–Crippen MR) is 55.1 cm³/mol. The molecule has 0 aliphatic carbocycles. The van der Waals surface area contributed by atoms with Crippen LogP contribution in [0.1, 0.15) is 11.6 Å². The fraction of sp³-hybridized carbons (Fsp3) is 0.222. The average molecular weight is 257 g/mol. The van der Waals surface area contributed by atoms with E-state index >= 15 is 0 Å². The predicted octanol–water partition coefficient (Wildman–Crippen LogP) is 1.51. The van der Waals surface area contributed by atoms with E-state index in [-0.39, 0.29) is 17.8 Å². The number of hydrogen-bond acceptors (Lipinski definition) is 2. The monoisotopic (exact) mass is 256 g/mol. The summed E-state index contributed by atoms with van der Waals surface area (Å²) >= 11 is 3.23. The van der Waals surface area contributed by atoms with Crippen LogP contribution in [-0.2, 0) is 0 Å². The third kappa shape index (κ3) is 1.55. The topological polar surface area (TPSA) is 61.4 Å². The molecule has 2 amide bonds. The normalized spacial score (nSPS) is 20.4. The number of urea groups is 1. The maximum absolute atomic E-state index is 10.9. The molecule has 1 unspecified atom stereocenters. The van der Waals surface area contributed by atoms with Gasteiger partial charge in [-0.25, -0.2) is 4.79 Å². The highest BCUT2D eigenvalue weighted by molar-refractivity contribution is 9.10. The van der Waals surface area contributed by atoms with Crippen LogP contribution in [0, 0.1) is 0 Å². The van der Waals surface area contributed by atoms with Crippen LogP contribution in [0.15, 0.2) is 22.7 Å². The molecule has 1 fully saturated rings. The van der Waals surface area contributed by atoms with E-state index in [0.29, 0.717) is 11.0 Å². The van der Waals surface area contributed by atoms with E-state index in [9.17, 15) is 9.90 Å². The number of para-hydroxylation sites is 1. The van der Waals surface area contributed by atoms with Gasteiger partial charge in [-0.15, -0.1) is 0 Å². The Morgan fingerprint density at radius 2 is 2.29 bits per heavy atom. The molecule has 1 aromatic carbocycles. The number of amides is 2. The van der Waals surface area contributed by atoms with E-state index in [1.807, 2.05) is 6.07 Å². The summed E-state index contributed by atoms with van der Waals surface area (Å²) in [5.41, 5.74) is 0.720. The standard InChI is InChI=1S/C9H9BrN2O2/c10-6-3-1-2-5(8(6)13)7-4-11-9(14)12-7/h1-3,7,13H,4H2,(H2,11,12,14). The minimum absolute atomic E-state index is 0.153. The molecule has 1 aromatic rings. The Morgan fingerprint density at radius 1 is 1.50 bits per heavy atom. The number of carbonyl (C=O) groups excluding carboxylic acids is 1. The van der Waals surface area contributed by atoms with Gasteiger partial charge in [-0.1, -0.05) is 12.1 Å². The van der Waals surface area contributed by atoms with Crippen molar-refractivity contribution >= 4 is 22.0 Å². The molecule has 1 heterocycles. The Morgan fingerprint density at radius 3 is 2.93 bits per heavy atom. The van der Waals surface area contributed by atoms with E-state index in [1.165, 1.54) is 0 Å². The molecule has 0 spiro atoms. The smallest absolute Gasteiger partial charge is 0.315 e. The zero-order chi connectivity index (χ0) is 10.1. The molecule has 0 saturated carbocycles. The van der Waals surface area contributed by atoms with Gasteiger partial charge in [0.15, 0.2) is 0 Å². The Hall–Kier alpha value is -1.23. The van der Waals surface area contributed by atoms with E-state index < -0.39 is 0 Å². The van der Waals surface area contributed by atoms with Crippen LogP contribution in [0.3, 0.4) is 0 Å². The zero-order valence-corrected chi connectivity index (χ0v) is 8.84. The highest BCUT2D eigenvalue weighted by Crippen LogP contribution is 2.32. The van der Waals surface area contributed by atoms with Crippen LogP contribution < -0.4 is 10.6 Å². The van der Waals surface area contributed by atoms with Crippen LogP contribution in [0.5, 0.6) is 5.75 Å². The van der Waals surface area contributed by atoms with Gasteiger partial charge in [-0.3, -0.25) is 0 Å². The molecular weight excluding hydrogens is 248 g/mol. The van der Waals surface area contributed by atoms with Gasteiger partial charge >= 0.3 is 6.03 Å². The van der Waals surface area contributed by atoms with E-state index in [4.69, 9.17) is 0 Å². The van der Waals surface area contributed by atoms with Crippen molar-refractivity contribution in [1.29, 1.82) is 0 Å². The molecule has 74 valence electrons. The molecule has 4 nitrogen and oxygen atoms in total. The van der Waals surface area contributed by atoms with E-state index in [1.54, 1.807) is 12.1 Å². The Labute approximate surface area is 89.4 Å². The highest BCUT2D eigenvalue weighted by Gasteiger charge is 2.24. The van der Waals surface area contributed by atoms with Crippen molar-refractivity contribution in [3.05, 3.63) is 28.2 Å². The van der Waals surface area contributed by atoms with Crippen molar-refractivity contribution in [3.63, 3.8) is 0 Å². The lowest BCUT2D eigenvalue weighted by Crippen LogP contribution is -2.21. The van der Waals surface area contributed by atoms with Crippen LogP contribution in [0.2, 0.25) is 0 Å². The van der Waals surface area contributed by atoms with Gasteiger partial charge in [-0.2, -0.15) is 0 Å². The number of nitrogens with one attached hydrogen (secondary N) is 2. The van der Waals surface area contributed by atoms with Crippen LogP contribution in [0.4, 0.5) is 4.79 Å². The molecule has 0 aromatic heterocycles. The first-order valence-corrected chi connectivity index (χ1v) is 4.99. The molecule has 14 heavy (non-hydrogen) atoms. The second kappa shape index (κ2) is 3.49. The van der Waals surface area contributed by atoms with Gasteiger partial charge in [0.25, 0.3) is 0 Å². The molecule has 2 rings (SSSR count). The van der Waals surface area contributed by atoms with Crippen LogP contribution in [-0.4, -0.2) is 17.7 Å². The van der Waals surface area contributed by atoms with Gasteiger partial charge < -0.3 is 15.7 Å². The Bertz CT molecular complexity index is 381. The number of phenols is 1. The summed E-state index contributed by atoms with van der Waals surface area (Å²) in [7, 11) is 0. The van der Waals surface area contributed by atoms with Gasteiger partial charge in [0.05, 0.1) is 10.5 Å². The molecule has 3 N–H and O–H groups in total. The Balaban J connectivity index is 2.32. The lowest BCUT2D eigenvalue weighted by Gasteiger charge is -2.11. The van der Waals surface area contributed by atoms with E-state index in [0.717, 1.165) is 5.56 Å². The molecular formula is C9H9BrN2O2. The summed E-state index contributed by atoms with van der Waals surface area (Å²) in [5.74, 6) is 0.182. The summed E-state index contributed by atoms with van der Waals surface area (Å²) in [5, 5.41) is 15.1. The third-order valence-corrected chi connectivity index (χ3v) is 2.81. The minimum Gasteiger partial charge on any atom is -0.506 e. The minimum atomic E-state index is -0.200. The van der Waals surface area contributed by atoms with Crippen LogP contribution in [0.25, 0.3) is 0 Å². The van der Waals surface area contributed by atoms with Crippen molar-refractivity contribution in [2.45, 2.75) is 6.04 Å². The number of halogens is 1. The van der Waals surface area contributed by atoms with E-state index in [2.05, 4.69) is 26.6 Å². The second-order valence-corrected chi connectivity index (χ2v) is 3.94. The summed E-state index contributed by atoms with van der Waals surface area (Å²) < 4.78 is 0.635. The van der Waals surface area contributed by atoms with Crippen molar-refractivity contribution < 1.29 is 9.90 Å². The quantitative estimate of drug-likeness (QED) is 0.714. The molecule has 0 bridgehead atoms. The van der Waals surface area contributed by atoms with Crippen molar-refractivity contribution in [1.82, 2.24) is 10.6 Å². The van der Waals surface area contributed by atoms with Gasteiger partial charge in [0, 0.05) is 12.1 Å². The van der Waals surface area contributed by atoms with Crippen molar-refractivity contribution in [2.75, 3.05) is 6.54 Å². The third-order valence-electron chi connectivity index (χ3n) is 2.17.